The molecule has 0 aromatic rings. The minimum absolute atomic E-state index is 0.217. The molecule has 0 aromatic heterocycles. The van der Waals surface area contributed by atoms with E-state index in [1.54, 1.807) is 11.8 Å². The molecule has 2 rings (SSSR count). The standard InChI is InChI=1S/C12H17NO4/c1-2-17-11(16)12(7-9(12)8-14)10(15)13-5-3-4-6-13/h8-9H,2-7H2,1H3/t9-,12+/m0/s1. The summed E-state index contributed by atoms with van der Waals surface area (Å²) in [6, 6.07) is 0. The van der Waals surface area contributed by atoms with Gasteiger partial charge in [-0.05, 0) is 26.2 Å². The van der Waals surface area contributed by atoms with E-state index in [-0.39, 0.29) is 12.5 Å². The molecule has 2 fully saturated rings. The lowest BCUT2D eigenvalue weighted by molar-refractivity contribution is -0.158. The molecule has 5 heteroatoms. The second kappa shape index (κ2) is 4.47. The van der Waals surface area contributed by atoms with Crippen LogP contribution in [-0.2, 0) is 19.1 Å². The van der Waals surface area contributed by atoms with Crippen LogP contribution in [0.25, 0.3) is 0 Å². The number of hydrogen-bond acceptors (Lipinski definition) is 4. The van der Waals surface area contributed by atoms with Gasteiger partial charge in [-0.15, -0.1) is 0 Å². The van der Waals surface area contributed by atoms with Gasteiger partial charge < -0.3 is 14.4 Å². The van der Waals surface area contributed by atoms with Crippen LogP contribution in [0.3, 0.4) is 0 Å². The largest absolute Gasteiger partial charge is 0.465 e. The Bertz CT molecular complexity index is 348. The first-order valence-corrected chi connectivity index (χ1v) is 6.08. The first-order chi connectivity index (χ1) is 8.16. The zero-order chi connectivity index (χ0) is 12.5. The highest BCUT2D eigenvalue weighted by Gasteiger charge is 2.68. The fourth-order valence-electron chi connectivity index (χ4n) is 2.48. The maximum Gasteiger partial charge on any atom is 0.322 e. The van der Waals surface area contributed by atoms with Crippen LogP contribution >= 0.6 is 0 Å². The molecule has 0 spiro atoms. The SMILES string of the molecule is CCOC(=O)[C@]1(C(=O)N2CCCC2)C[C@H]1C=O. The zero-order valence-electron chi connectivity index (χ0n) is 9.98. The Kier molecular flexibility index (Phi) is 3.17. The van der Waals surface area contributed by atoms with Crippen LogP contribution in [0, 0.1) is 11.3 Å². The van der Waals surface area contributed by atoms with Crippen LogP contribution in [0.15, 0.2) is 0 Å². The number of ether oxygens (including phenoxy) is 1. The van der Waals surface area contributed by atoms with Gasteiger partial charge in [-0.25, -0.2) is 0 Å². The topological polar surface area (TPSA) is 63.7 Å². The van der Waals surface area contributed by atoms with Gasteiger partial charge in [0, 0.05) is 19.0 Å². The molecule has 0 N–H and O–H groups in total. The lowest BCUT2D eigenvalue weighted by Gasteiger charge is -2.21. The molecule has 1 aliphatic heterocycles. The number of aldehydes is 1. The van der Waals surface area contributed by atoms with E-state index in [0.717, 1.165) is 12.8 Å². The molecule has 94 valence electrons. The van der Waals surface area contributed by atoms with Gasteiger partial charge in [0.25, 0.3) is 0 Å². The molecule has 5 nitrogen and oxygen atoms in total. The van der Waals surface area contributed by atoms with Crippen molar-refractivity contribution in [3.05, 3.63) is 0 Å². The lowest BCUT2D eigenvalue weighted by Crippen LogP contribution is -2.41. The number of rotatable bonds is 4. The molecular weight excluding hydrogens is 222 g/mol. The van der Waals surface area contributed by atoms with E-state index < -0.39 is 17.3 Å². The van der Waals surface area contributed by atoms with E-state index >= 15 is 0 Å². The van der Waals surface area contributed by atoms with Gasteiger partial charge in [0.05, 0.1) is 6.61 Å². The van der Waals surface area contributed by atoms with Crippen molar-refractivity contribution in [2.24, 2.45) is 11.3 Å². The van der Waals surface area contributed by atoms with Gasteiger partial charge in [0.2, 0.25) is 5.91 Å². The highest BCUT2D eigenvalue weighted by molar-refractivity contribution is 6.09. The molecule has 1 saturated heterocycles. The fourth-order valence-corrected chi connectivity index (χ4v) is 2.48. The predicted octanol–water partition coefficient (Wildman–Crippen LogP) is 0.377. The summed E-state index contributed by atoms with van der Waals surface area (Å²) in [6.45, 7) is 3.31. The molecule has 1 heterocycles. The fraction of sp³-hybridized carbons (Fsp3) is 0.750. The van der Waals surface area contributed by atoms with Crippen LogP contribution in [0.1, 0.15) is 26.2 Å². The molecule has 2 atom stereocenters. The highest BCUT2D eigenvalue weighted by atomic mass is 16.5. The average molecular weight is 239 g/mol. The van der Waals surface area contributed by atoms with E-state index in [9.17, 15) is 14.4 Å². The van der Waals surface area contributed by atoms with Crippen molar-refractivity contribution in [3.63, 3.8) is 0 Å². The Hall–Kier alpha value is -1.39. The predicted molar refractivity (Wildman–Crippen MR) is 59.1 cm³/mol. The maximum atomic E-state index is 12.3. The molecule has 0 radical (unpaired) electrons. The van der Waals surface area contributed by atoms with Crippen LogP contribution in [0.2, 0.25) is 0 Å². The number of hydrogen-bond donors (Lipinski definition) is 0. The molecule has 1 saturated carbocycles. The Morgan fingerprint density at radius 1 is 1.41 bits per heavy atom. The Morgan fingerprint density at radius 2 is 2.06 bits per heavy atom. The smallest absolute Gasteiger partial charge is 0.322 e. The second-order valence-electron chi connectivity index (χ2n) is 4.64. The third-order valence-corrected chi connectivity index (χ3v) is 3.59. The maximum absolute atomic E-state index is 12.3. The Balaban J connectivity index is 2.14. The third-order valence-electron chi connectivity index (χ3n) is 3.59. The molecular formula is C12H17NO4. The molecule has 17 heavy (non-hydrogen) atoms. The summed E-state index contributed by atoms with van der Waals surface area (Å²) in [7, 11) is 0. The number of amides is 1. The number of carbonyl (C=O) groups excluding carboxylic acids is 3. The van der Waals surface area contributed by atoms with Gasteiger partial charge in [0.15, 0.2) is 5.41 Å². The van der Waals surface area contributed by atoms with Crippen molar-refractivity contribution in [1.82, 2.24) is 4.90 Å². The number of likely N-dealkylation sites (tertiary alicyclic amines) is 1. The Labute approximate surface area is 100 Å². The van der Waals surface area contributed by atoms with Crippen molar-refractivity contribution in [1.29, 1.82) is 0 Å². The molecule has 1 aliphatic carbocycles. The van der Waals surface area contributed by atoms with Gasteiger partial charge in [-0.2, -0.15) is 0 Å². The monoisotopic (exact) mass is 239 g/mol. The summed E-state index contributed by atoms with van der Waals surface area (Å²) in [5.74, 6) is -1.24. The van der Waals surface area contributed by atoms with Crippen molar-refractivity contribution >= 4 is 18.2 Å². The van der Waals surface area contributed by atoms with E-state index in [1.165, 1.54) is 0 Å². The summed E-state index contributed by atoms with van der Waals surface area (Å²) in [6.07, 6.45) is 2.95. The lowest BCUT2D eigenvalue weighted by atomic mass is 10.0. The summed E-state index contributed by atoms with van der Waals surface area (Å²) < 4.78 is 4.94. The average Bonchev–Trinajstić information content (AvgIpc) is 2.83. The van der Waals surface area contributed by atoms with Gasteiger partial charge in [-0.3, -0.25) is 9.59 Å². The van der Waals surface area contributed by atoms with Crippen molar-refractivity contribution in [2.45, 2.75) is 26.2 Å². The molecule has 1 amide bonds. The van der Waals surface area contributed by atoms with Crippen molar-refractivity contribution < 1.29 is 19.1 Å². The Morgan fingerprint density at radius 3 is 2.53 bits per heavy atom. The summed E-state index contributed by atoms with van der Waals surface area (Å²) in [4.78, 5) is 36.7. The molecule has 2 aliphatic rings. The number of carbonyl (C=O) groups is 3. The van der Waals surface area contributed by atoms with E-state index in [0.29, 0.717) is 25.8 Å². The van der Waals surface area contributed by atoms with Crippen molar-refractivity contribution in [3.8, 4) is 0 Å². The quantitative estimate of drug-likeness (QED) is 0.404. The normalized spacial score (nSPS) is 31.1. The first-order valence-electron chi connectivity index (χ1n) is 6.08. The van der Waals surface area contributed by atoms with Gasteiger partial charge in [-0.1, -0.05) is 0 Å². The number of nitrogens with zero attached hydrogens (tertiary/aromatic N) is 1. The van der Waals surface area contributed by atoms with Crippen molar-refractivity contribution in [2.75, 3.05) is 19.7 Å². The minimum Gasteiger partial charge on any atom is -0.465 e. The van der Waals surface area contributed by atoms with Crippen LogP contribution in [-0.4, -0.2) is 42.8 Å². The highest BCUT2D eigenvalue weighted by Crippen LogP contribution is 2.53. The van der Waals surface area contributed by atoms with E-state index in [4.69, 9.17) is 4.74 Å². The number of esters is 1. The molecule has 0 unspecified atom stereocenters. The van der Waals surface area contributed by atoms with Crippen LogP contribution in [0.5, 0.6) is 0 Å². The van der Waals surface area contributed by atoms with E-state index in [1.807, 2.05) is 0 Å². The first kappa shape index (κ1) is 12.1. The summed E-state index contributed by atoms with van der Waals surface area (Å²) >= 11 is 0. The van der Waals surface area contributed by atoms with E-state index in [2.05, 4.69) is 0 Å². The molecule has 0 bridgehead atoms. The van der Waals surface area contributed by atoms with Gasteiger partial charge in [0.1, 0.15) is 6.29 Å². The second-order valence-corrected chi connectivity index (χ2v) is 4.64. The summed E-state index contributed by atoms with van der Waals surface area (Å²) in [5, 5.41) is 0. The van der Waals surface area contributed by atoms with Crippen LogP contribution in [0.4, 0.5) is 0 Å². The van der Waals surface area contributed by atoms with Crippen LogP contribution < -0.4 is 0 Å². The van der Waals surface area contributed by atoms with Gasteiger partial charge >= 0.3 is 5.97 Å². The molecule has 0 aromatic carbocycles. The summed E-state index contributed by atoms with van der Waals surface area (Å²) in [5.41, 5.74) is -1.19. The zero-order valence-corrected chi connectivity index (χ0v) is 9.98. The minimum atomic E-state index is -1.19. The third kappa shape index (κ3) is 1.83.